The molecule has 26 heavy (non-hydrogen) atoms. The molecule has 0 N–H and O–H groups in total. The van der Waals surface area contributed by atoms with Gasteiger partial charge in [-0.25, -0.2) is 0 Å². The second-order valence-electron chi connectivity index (χ2n) is 6.34. The van der Waals surface area contributed by atoms with Gasteiger partial charge in [0.05, 0.1) is 7.11 Å². The number of nitrogens with zero attached hydrogens (tertiary/aromatic N) is 1. The predicted molar refractivity (Wildman–Crippen MR) is 106 cm³/mol. The lowest BCUT2D eigenvalue weighted by atomic mass is 9.98. The van der Waals surface area contributed by atoms with Crippen LogP contribution >= 0.6 is 11.3 Å². The lowest BCUT2D eigenvalue weighted by molar-refractivity contribution is 0.314. The monoisotopic (exact) mass is 363 g/mol. The first kappa shape index (κ1) is 18.0. The molecule has 0 fully saturated rings. The number of thiophene rings is 1. The number of methoxy groups -OCH3 is 1. The minimum atomic E-state index is 0.422. The van der Waals surface area contributed by atoms with Crippen LogP contribution in [0.15, 0.2) is 53.9 Å². The third-order valence-corrected chi connectivity index (χ3v) is 5.18. The van der Waals surface area contributed by atoms with Crippen molar-refractivity contribution in [2.45, 2.75) is 26.4 Å². The first-order valence-corrected chi connectivity index (χ1v) is 9.38. The largest absolute Gasteiger partial charge is 0.497 e. The number of hydrogen-bond donors (Lipinski definition) is 0. The van der Waals surface area contributed by atoms with E-state index < -0.39 is 0 Å². The summed E-state index contributed by atoms with van der Waals surface area (Å²) in [5.74, 6) is 1.31. The molecule has 4 heteroatoms. The summed E-state index contributed by atoms with van der Waals surface area (Å²) in [7, 11) is 1.64. The molecule has 3 aromatic rings. The van der Waals surface area contributed by atoms with Gasteiger partial charge in [-0.1, -0.05) is 50.2 Å². The Balaban J connectivity index is 1.78. The normalized spacial score (nSPS) is 10.6. The maximum atomic E-state index is 9.62. The highest BCUT2D eigenvalue weighted by Gasteiger charge is 2.15. The molecule has 3 nitrogen and oxygen atoms in total. The highest BCUT2D eigenvalue weighted by Crippen LogP contribution is 2.37. The molecule has 0 atom stereocenters. The minimum absolute atomic E-state index is 0.422. The summed E-state index contributed by atoms with van der Waals surface area (Å²) >= 11 is 1.46. The van der Waals surface area contributed by atoms with Crippen molar-refractivity contribution in [3.05, 3.63) is 70.6 Å². The van der Waals surface area contributed by atoms with Crippen molar-refractivity contribution in [3.63, 3.8) is 0 Å². The van der Waals surface area contributed by atoms with Crippen molar-refractivity contribution in [2.75, 3.05) is 7.11 Å². The SMILES string of the molecule is COc1ccc(COc2scc(-c3ccc(C(C)C)cc3)c2C#N)cc1. The van der Waals surface area contributed by atoms with Gasteiger partial charge in [-0.15, -0.1) is 11.3 Å². The summed E-state index contributed by atoms with van der Waals surface area (Å²) in [6.45, 7) is 4.77. The first-order valence-electron chi connectivity index (χ1n) is 8.50. The summed E-state index contributed by atoms with van der Waals surface area (Å²) in [4.78, 5) is 0. The Morgan fingerprint density at radius 3 is 2.31 bits per heavy atom. The minimum Gasteiger partial charge on any atom is -0.497 e. The molecule has 0 saturated heterocycles. The van der Waals surface area contributed by atoms with Crippen LogP contribution in [0.5, 0.6) is 10.8 Å². The Kier molecular flexibility index (Phi) is 5.60. The van der Waals surface area contributed by atoms with E-state index >= 15 is 0 Å². The summed E-state index contributed by atoms with van der Waals surface area (Å²) in [5.41, 5.74) is 4.89. The maximum Gasteiger partial charge on any atom is 0.192 e. The van der Waals surface area contributed by atoms with Crippen LogP contribution < -0.4 is 9.47 Å². The number of ether oxygens (including phenoxy) is 2. The summed E-state index contributed by atoms with van der Waals surface area (Å²) in [5, 5.41) is 12.3. The van der Waals surface area contributed by atoms with Gasteiger partial charge in [0.1, 0.15) is 24.0 Å². The molecule has 0 amide bonds. The van der Waals surface area contributed by atoms with E-state index in [1.807, 2.05) is 29.6 Å². The van der Waals surface area contributed by atoms with E-state index in [1.165, 1.54) is 16.9 Å². The number of hydrogen-bond acceptors (Lipinski definition) is 4. The molecule has 0 bridgehead atoms. The second kappa shape index (κ2) is 8.07. The highest BCUT2D eigenvalue weighted by molar-refractivity contribution is 7.12. The van der Waals surface area contributed by atoms with Crippen LogP contribution in [-0.2, 0) is 6.61 Å². The van der Waals surface area contributed by atoms with E-state index in [1.54, 1.807) is 7.11 Å². The molecule has 0 aliphatic carbocycles. The van der Waals surface area contributed by atoms with E-state index in [0.29, 0.717) is 23.2 Å². The molecular formula is C22H21NO2S. The topological polar surface area (TPSA) is 42.2 Å². The summed E-state index contributed by atoms with van der Waals surface area (Å²) in [6, 6.07) is 18.4. The Labute approximate surface area is 158 Å². The molecule has 0 aliphatic rings. The van der Waals surface area contributed by atoms with Crippen molar-refractivity contribution in [1.29, 1.82) is 5.26 Å². The molecule has 0 saturated carbocycles. The predicted octanol–water partition coefficient (Wildman–Crippen LogP) is 6.00. The first-order chi connectivity index (χ1) is 12.6. The van der Waals surface area contributed by atoms with Crippen LogP contribution in [0.2, 0.25) is 0 Å². The Bertz CT molecular complexity index is 903. The van der Waals surface area contributed by atoms with Gasteiger partial charge >= 0.3 is 0 Å². The average molecular weight is 363 g/mol. The lowest BCUT2D eigenvalue weighted by Crippen LogP contribution is -1.95. The van der Waals surface area contributed by atoms with Crippen LogP contribution in [0.1, 0.15) is 36.5 Å². The smallest absolute Gasteiger partial charge is 0.192 e. The number of nitriles is 1. The average Bonchev–Trinajstić information content (AvgIpc) is 3.09. The lowest BCUT2D eigenvalue weighted by Gasteiger charge is -2.07. The standard InChI is InChI=1S/C22H21NO2S/c1-15(2)17-6-8-18(9-7-17)21-14-26-22(20(21)12-23)25-13-16-4-10-19(24-3)11-5-16/h4-11,14-15H,13H2,1-3H3. The van der Waals surface area contributed by atoms with Gasteiger partial charge in [0.2, 0.25) is 0 Å². The van der Waals surface area contributed by atoms with Crippen LogP contribution in [0.4, 0.5) is 0 Å². The fourth-order valence-corrected chi connectivity index (χ4v) is 3.56. The van der Waals surface area contributed by atoms with Gasteiger partial charge in [-0.2, -0.15) is 5.26 Å². The van der Waals surface area contributed by atoms with Crippen molar-refractivity contribution < 1.29 is 9.47 Å². The van der Waals surface area contributed by atoms with Crippen LogP contribution in [0.3, 0.4) is 0 Å². The summed E-state index contributed by atoms with van der Waals surface area (Å²) < 4.78 is 11.1. The second-order valence-corrected chi connectivity index (χ2v) is 7.18. The van der Waals surface area contributed by atoms with E-state index in [4.69, 9.17) is 9.47 Å². The fraction of sp³-hybridized carbons (Fsp3) is 0.227. The van der Waals surface area contributed by atoms with Crippen molar-refractivity contribution >= 4 is 11.3 Å². The number of rotatable bonds is 6. The third kappa shape index (κ3) is 3.89. The molecule has 0 aliphatic heterocycles. The van der Waals surface area contributed by atoms with Gasteiger partial charge in [-0.05, 0) is 34.7 Å². The Hall–Kier alpha value is -2.77. The highest BCUT2D eigenvalue weighted by atomic mass is 32.1. The van der Waals surface area contributed by atoms with Gasteiger partial charge in [-0.3, -0.25) is 0 Å². The van der Waals surface area contributed by atoms with Gasteiger partial charge in [0, 0.05) is 10.9 Å². The molecule has 3 rings (SSSR count). The van der Waals surface area contributed by atoms with E-state index in [-0.39, 0.29) is 0 Å². The zero-order valence-corrected chi connectivity index (χ0v) is 16.0. The molecule has 0 unspecified atom stereocenters. The van der Waals surface area contributed by atoms with E-state index in [2.05, 4.69) is 44.2 Å². The molecule has 1 heterocycles. The summed E-state index contributed by atoms with van der Waals surface area (Å²) in [6.07, 6.45) is 0. The zero-order chi connectivity index (χ0) is 18.5. The molecule has 0 radical (unpaired) electrons. The molecule has 1 aromatic heterocycles. The van der Waals surface area contributed by atoms with E-state index in [0.717, 1.165) is 22.4 Å². The Morgan fingerprint density at radius 1 is 1.04 bits per heavy atom. The Morgan fingerprint density at radius 2 is 1.73 bits per heavy atom. The maximum absolute atomic E-state index is 9.62. The van der Waals surface area contributed by atoms with Crippen molar-refractivity contribution in [1.82, 2.24) is 0 Å². The van der Waals surface area contributed by atoms with Gasteiger partial charge < -0.3 is 9.47 Å². The molecule has 0 spiro atoms. The van der Waals surface area contributed by atoms with Crippen LogP contribution in [0.25, 0.3) is 11.1 Å². The van der Waals surface area contributed by atoms with Crippen molar-refractivity contribution in [2.24, 2.45) is 0 Å². The van der Waals surface area contributed by atoms with Crippen LogP contribution in [0, 0.1) is 11.3 Å². The third-order valence-electron chi connectivity index (χ3n) is 4.29. The molecule has 2 aromatic carbocycles. The fourth-order valence-electron chi connectivity index (χ4n) is 2.68. The van der Waals surface area contributed by atoms with Gasteiger partial charge in [0.25, 0.3) is 0 Å². The molecular weight excluding hydrogens is 342 g/mol. The van der Waals surface area contributed by atoms with Crippen molar-refractivity contribution in [3.8, 4) is 28.0 Å². The van der Waals surface area contributed by atoms with E-state index in [9.17, 15) is 5.26 Å². The zero-order valence-electron chi connectivity index (χ0n) is 15.2. The van der Waals surface area contributed by atoms with Crippen LogP contribution in [-0.4, -0.2) is 7.11 Å². The number of benzene rings is 2. The van der Waals surface area contributed by atoms with Gasteiger partial charge in [0.15, 0.2) is 5.06 Å². The molecule has 132 valence electrons. The quantitative estimate of drug-likeness (QED) is 0.539.